The Morgan fingerprint density at radius 2 is 2.20 bits per heavy atom. The molecule has 0 unspecified atom stereocenters. The first-order valence-corrected chi connectivity index (χ1v) is 4.71. The summed E-state index contributed by atoms with van der Waals surface area (Å²) in [4.78, 5) is 10.2. The number of rotatable bonds is 3. The molecule has 0 aliphatic rings. The minimum atomic E-state index is -0.433. The third kappa shape index (κ3) is 3.23. The fourth-order valence-corrected chi connectivity index (χ4v) is 1.08. The maximum absolute atomic E-state index is 10.7. The Labute approximate surface area is 88.4 Å². The van der Waals surface area contributed by atoms with Crippen molar-refractivity contribution in [2.75, 3.05) is 11.9 Å². The van der Waals surface area contributed by atoms with E-state index in [1.165, 1.54) is 10.9 Å². The lowest BCUT2D eigenvalue weighted by atomic mass is 9.97. The second kappa shape index (κ2) is 3.88. The van der Waals surface area contributed by atoms with Crippen LogP contribution in [0.4, 0.5) is 11.5 Å². The van der Waals surface area contributed by atoms with E-state index >= 15 is 0 Å². The van der Waals surface area contributed by atoms with Crippen molar-refractivity contribution in [3.8, 4) is 0 Å². The van der Waals surface area contributed by atoms with Crippen molar-refractivity contribution in [3.63, 3.8) is 0 Å². The molecule has 1 aromatic rings. The van der Waals surface area contributed by atoms with E-state index in [-0.39, 0.29) is 11.1 Å². The molecule has 1 heterocycles. The topological polar surface area (TPSA) is 73.0 Å². The highest BCUT2D eigenvalue weighted by Gasteiger charge is 2.20. The SMILES string of the molecule is Cn1cc([N+](=O)[O-])c(NCC(C)(C)C)n1. The normalized spacial score (nSPS) is 11.5. The van der Waals surface area contributed by atoms with Gasteiger partial charge in [-0.1, -0.05) is 20.8 Å². The van der Waals surface area contributed by atoms with Crippen LogP contribution in [-0.4, -0.2) is 21.2 Å². The minimum absolute atomic E-state index is 0.0155. The molecular weight excluding hydrogens is 196 g/mol. The molecule has 0 radical (unpaired) electrons. The van der Waals surface area contributed by atoms with E-state index in [1.54, 1.807) is 7.05 Å². The zero-order chi connectivity index (χ0) is 11.6. The Morgan fingerprint density at radius 1 is 1.60 bits per heavy atom. The summed E-state index contributed by atoms with van der Waals surface area (Å²) in [6.07, 6.45) is 1.39. The first-order valence-electron chi connectivity index (χ1n) is 4.71. The highest BCUT2D eigenvalue weighted by Crippen LogP contribution is 2.23. The zero-order valence-corrected chi connectivity index (χ0v) is 9.44. The summed E-state index contributed by atoms with van der Waals surface area (Å²) in [5.41, 5.74) is 0.0764. The minimum Gasteiger partial charge on any atom is -0.362 e. The molecule has 0 aromatic carbocycles. The summed E-state index contributed by atoms with van der Waals surface area (Å²) in [6, 6.07) is 0. The van der Waals surface area contributed by atoms with Gasteiger partial charge in [0.1, 0.15) is 6.20 Å². The standard InChI is InChI=1S/C9H16N4O2/c1-9(2,3)6-10-8-7(13(14)15)5-12(4)11-8/h5H,6H2,1-4H3,(H,10,11). The van der Waals surface area contributed by atoms with Crippen LogP contribution in [0.1, 0.15) is 20.8 Å². The van der Waals surface area contributed by atoms with Crippen LogP contribution in [0.3, 0.4) is 0 Å². The molecule has 0 saturated carbocycles. The van der Waals surface area contributed by atoms with Gasteiger partial charge in [-0.15, -0.1) is 5.10 Å². The fourth-order valence-electron chi connectivity index (χ4n) is 1.08. The van der Waals surface area contributed by atoms with Crippen LogP contribution in [-0.2, 0) is 7.05 Å². The van der Waals surface area contributed by atoms with Crippen molar-refractivity contribution in [3.05, 3.63) is 16.3 Å². The molecule has 1 N–H and O–H groups in total. The summed E-state index contributed by atoms with van der Waals surface area (Å²) in [7, 11) is 1.66. The monoisotopic (exact) mass is 212 g/mol. The van der Waals surface area contributed by atoms with E-state index in [0.717, 1.165) is 0 Å². The third-order valence-electron chi connectivity index (χ3n) is 1.79. The number of nitrogens with zero attached hydrogens (tertiary/aromatic N) is 3. The van der Waals surface area contributed by atoms with Gasteiger partial charge in [0.05, 0.1) is 4.92 Å². The van der Waals surface area contributed by atoms with Gasteiger partial charge in [-0.25, -0.2) is 0 Å². The number of anilines is 1. The highest BCUT2D eigenvalue weighted by atomic mass is 16.6. The molecule has 0 bridgehead atoms. The molecule has 0 fully saturated rings. The molecule has 0 spiro atoms. The van der Waals surface area contributed by atoms with E-state index in [1.807, 2.05) is 0 Å². The first-order chi connectivity index (χ1) is 6.79. The molecule has 0 aliphatic carbocycles. The van der Waals surface area contributed by atoms with Crippen molar-refractivity contribution in [2.24, 2.45) is 12.5 Å². The van der Waals surface area contributed by atoms with Gasteiger partial charge in [-0.05, 0) is 5.41 Å². The van der Waals surface area contributed by atoms with Gasteiger partial charge in [0.25, 0.3) is 0 Å². The molecule has 84 valence electrons. The molecular formula is C9H16N4O2. The average molecular weight is 212 g/mol. The molecule has 0 amide bonds. The van der Waals surface area contributed by atoms with E-state index in [0.29, 0.717) is 12.4 Å². The van der Waals surface area contributed by atoms with Crippen LogP contribution in [0.25, 0.3) is 0 Å². The van der Waals surface area contributed by atoms with E-state index in [2.05, 4.69) is 31.2 Å². The summed E-state index contributed by atoms with van der Waals surface area (Å²) in [6.45, 7) is 6.79. The summed E-state index contributed by atoms with van der Waals surface area (Å²) < 4.78 is 1.43. The van der Waals surface area contributed by atoms with Crippen molar-refractivity contribution >= 4 is 11.5 Å². The Morgan fingerprint density at radius 3 is 2.67 bits per heavy atom. The molecule has 6 heteroatoms. The van der Waals surface area contributed by atoms with Crippen LogP contribution in [0.15, 0.2) is 6.20 Å². The van der Waals surface area contributed by atoms with Crippen LogP contribution < -0.4 is 5.32 Å². The Balaban J connectivity index is 2.80. The Kier molecular flexibility index (Phi) is 2.97. The lowest BCUT2D eigenvalue weighted by Crippen LogP contribution is -2.19. The predicted molar refractivity (Wildman–Crippen MR) is 57.8 cm³/mol. The molecule has 1 aromatic heterocycles. The van der Waals surface area contributed by atoms with E-state index in [4.69, 9.17) is 0 Å². The second-order valence-electron chi connectivity index (χ2n) is 4.71. The maximum Gasteiger partial charge on any atom is 0.330 e. The molecule has 0 atom stereocenters. The summed E-state index contributed by atoms with van der Waals surface area (Å²) in [5, 5.41) is 17.7. The highest BCUT2D eigenvalue weighted by molar-refractivity contribution is 5.54. The predicted octanol–water partition coefficient (Wildman–Crippen LogP) is 1.79. The summed E-state index contributed by atoms with van der Waals surface area (Å²) >= 11 is 0. The number of nitrogens with one attached hydrogen (secondary N) is 1. The van der Waals surface area contributed by atoms with Crippen molar-refractivity contribution in [1.82, 2.24) is 9.78 Å². The summed E-state index contributed by atoms with van der Waals surface area (Å²) in [5.74, 6) is 0.331. The Bertz CT molecular complexity index is 365. The quantitative estimate of drug-likeness (QED) is 0.612. The van der Waals surface area contributed by atoms with Crippen LogP contribution in [0.5, 0.6) is 0 Å². The maximum atomic E-state index is 10.7. The number of hydrogen-bond donors (Lipinski definition) is 1. The van der Waals surface area contributed by atoms with Crippen molar-refractivity contribution in [1.29, 1.82) is 0 Å². The van der Waals surface area contributed by atoms with Gasteiger partial charge in [0, 0.05) is 13.6 Å². The van der Waals surface area contributed by atoms with Gasteiger partial charge in [0.15, 0.2) is 0 Å². The number of aromatic nitrogens is 2. The van der Waals surface area contributed by atoms with Gasteiger partial charge in [-0.3, -0.25) is 14.8 Å². The molecule has 6 nitrogen and oxygen atoms in total. The van der Waals surface area contributed by atoms with Crippen LogP contribution >= 0.6 is 0 Å². The molecule has 15 heavy (non-hydrogen) atoms. The van der Waals surface area contributed by atoms with Gasteiger partial charge in [0.2, 0.25) is 5.82 Å². The van der Waals surface area contributed by atoms with Gasteiger partial charge in [-0.2, -0.15) is 0 Å². The average Bonchev–Trinajstić information content (AvgIpc) is 2.42. The second-order valence-corrected chi connectivity index (χ2v) is 4.71. The third-order valence-corrected chi connectivity index (χ3v) is 1.79. The smallest absolute Gasteiger partial charge is 0.330 e. The number of nitro groups is 1. The van der Waals surface area contributed by atoms with E-state index < -0.39 is 4.92 Å². The molecule has 1 rings (SSSR count). The van der Waals surface area contributed by atoms with Crippen LogP contribution in [0.2, 0.25) is 0 Å². The zero-order valence-electron chi connectivity index (χ0n) is 9.44. The fraction of sp³-hybridized carbons (Fsp3) is 0.667. The molecule has 0 saturated heterocycles. The van der Waals surface area contributed by atoms with Crippen molar-refractivity contribution in [2.45, 2.75) is 20.8 Å². The van der Waals surface area contributed by atoms with E-state index in [9.17, 15) is 10.1 Å². The lowest BCUT2D eigenvalue weighted by Gasteiger charge is -2.17. The largest absolute Gasteiger partial charge is 0.362 e. The first kappa shape index (κ1) is 11.5. The van der Waals surface area contributed by atoms with Gasteiger partial charge >= 0.3 is 5.69 Å². The number of hydrogen-bond acceptors (Lipinski definition) is 4. The van der Waals surface area contributed by atoms with Gasteiger partial charge < -0.3 is 5.32 Å². The van der Waals surface area contributed by atoms with Crippen LogP contribution in [0, 0.1) is 15.5 Å². The Hall–Kier alpha value is -1.59. The number of aryl methyl sites for hydroxylation is 1. The lowest BCUT2D eigenvalue weighted by molar-refractivity contribution is -0.384. The van der Waals surface area contributed by atoms with Crippen molar-refractivity contribution < 1.29 is 4.92 Å². The molecule has 0 aliphatic heterocycles.